The molecule has 3 rings (SSSR count). The highest BCUT2D eigenvalue weighted by atomic mass is 32.2. The molecule has 3 heterocycles. The van der Waals surface area contributed by atoms with Crippen molar-refractivity contribution in [2.45, 2.75) is 24.3 Å². The van der Waals surface area contributed by atoms with Crippen LogP contribution in [0.15, 0.2) is 29.9 Å². The number of rotatable bonds is 5. The third-order valence-electron chi connectivity index (χ3n) is 4.26. The number of aromatic nitrogens is 4. The highest BCUT2D eigenvalue weighted by Gasteiger charge is 2.32. The first-order valence-corrected chi connectivity index (χ1v) is 9.40. The Morgan fingerprint density at radius 3 is 2.79 bits per heavy atom. The molecule has 1 aliphatic heterocycles. The average Bonchev–Trinajstić information content (AvgIpc) is 3.03. The number of anilines is 1. The lowest BCUT2D eigenvalue weighted by molar-refractivity contribution is 0.264. The Bertz CT molecular complexity index is 804. The van der Waals surface area contributed by atoms with Crippen molar-refractivity contribution in [3.05, 3.63) is 30.6 Å². The maximum Gasteiger partial charge on any atom is 0.262 e. The molecule has 1 saturated heterocycles. The molecular formula is C15H22N6O2S. The van der Waals surface area contributed by atoms with Crippen molar-refractivity contribution in [3.63, 3.8) is 0 Å². The first-order chi connectivity index (χ1) is 11.5. The maximum absolute atomic E-state index is 12.7. The summed E-state index contributed by atoms with van der Waals surface area (Å²) in [7, 11) is 0.0416. The Labute approximate surface area is 142 Å². The Kier molecular flexibility index (Phi) is 4.81. The second-order valence-electron chi connectivity index (χ2n) is 6.05. The molecule has 8 nitrogen and oxygen atoms in total. The molecule has 0 saturated carbocycles. The highest BCUT2D eigenvalue weighted by Crippen LogP contribution is 2.26. The molecule has 2 aromatic heterocycles. The van der Waals surface area contributed by atoms with Crippen LogP contribution in [0.4, 0.5) is 5.82 Å². The first-order valence-electron chi connectivity index (χ1n) is 7.96. The number of aryl methyl sites for hydroxylation is 1. The molecule has 1 N–H and O–H groups in total. The minimum atomic E-state index is -3.53. The summed E-state index contributed by atoms with van der Waals surface area (Å²) in [6, 6.07) is 0. The SMILES string of the molecule is CNc1nccnc1C[C@H]1CCCN(S(=O)(=O)c2cn(C)cn2)C1. The number of imidazole rings is 1. The van der Waals surface area contributed by atoms with E-state index in [0.717, 1.165) is 24.4 Å². The number of nitrogens with zero attached hydrogens (tertiary/aromatic N) is 5. The van der Waals surface area contributed by atoms with Gasteiger partial charge in [0.25, 0.3) is 10.0 Å². The van der Waals surface area contributed by atoms with Gasteiger partial charge in [0.05, 0.1) is 12.0 Å². The van der Waals surface area contributed by atoms with E-state index in [1.54, 1.807) is 34.5 Å². The van der Waals surface area contributed by atoms with Gasteiger partial charge in [0, 0.05) is 45.8 Å². The van der Waals surface area contributed by atoms with Crippen LogP contribution in [0, 0.1) is 5.92 Å². The van der Waals surface area contributed by atoms with Gasteiger partial charge in [-0.2, -0.15) is 4.31 Å². The van der Waals surface area contributed by atoms with Crippen LogP contribution in [-0.2, 0) is 23.5 Å². The molecule has 0 spiro atoms. The molecule has 1 fully saturated rings. The van der Waals surface area contributed by atoms with Crippen LogP contribution in [0.2, 0.25) is 0 Å². The maximum atomic E-state index is 12.7. The van der Waals surface area contributed by atoms with Crippen molar-refractivity contribution < 1.29 is 8.42 Å². The summed E-state index contributed by atoms with van der Waals surface area (Å²) >= 11 is 0. The zero-order valence-corrected chi connectivity index (χ0v) is 14.7. The topological polar surface area (TPSA) is 93.0 Å². The van der Waals surface area contributed by atoms with E-state index in [2.05, 4.69) is 20.3 Å². The third-order valence-corrected chi connectivity index (χ3v) is 6.01. The van der Waals surface area contributed by atoms with Gasteiger partial charge in [-0.15, -0.1) is 0 Å². The van der Waals surface area contributed by atoms with Gasteiger partial charge in [0.2, 0.25) is 0 Å². The molecule has 24 heavy (non-hydrogen) atoms. The fourth-order valence-corrected chi connectivity index (χ4v) is 4.59. The number of hydrogen-bond donors (Lipinski definition) is 1. The predicted molar refractivity (Wildman–Crippen MR) is 90.0 cm³/mol. The van der Waals surface area contributed by atoms with Crippen LogP contribution in [0.1, 0.15) is 18.5 Å². The van der Waals surface area contributed by atoms with Crippen LogP contribution in [0.5, 0.6) is 0 Å². The molecule has 130 valence electrons. The second kappa shape index (κ2) is 6.86. The van der Waals surface area contributed by atoms with Crippen LogP contribution >= 0.6 is 0 Å². The molecule has 0 aliphatic carbocycles. The normalized spacial score (nSPS) is 19.3. The van der Waals surface area contributed by atoms with Crippen molar-refractivity contribution in [2.75, 3.05) is 25.5 Å². The monoisotopic (exact) mass is 350 g/mol. The summed E-state index contributed by atoms with van der Waals surface area (Å²) in [4.78, 5) is 12.6. The molecule has 0 bridgehead atoms. The second-order valence-corrected chi connectivity index (χ2v) is 7.94. The third kappa shape index (κ3) is 3.41. The van der Waals surface area contributed by atoms with Gasteiger partial charge in [-0.05, 0) is 25.2 Å². The number of piperidine rings is 1. The Balaban J connectivity index is 1.75. The molecular weight excluding hydrogens is 328 g/mol. The molecule has 1 aliphatic rings. The van der Waals surface area contributed by atoms with E-state index in [-0.39, 0.29) is 10.9 Å². The minimum absolute atomic E-state index is 0.112. The van der Waals surface area contributed by atoms with E-state index in [9.17, 15) is 8.42 Å². The van der Waals surface area contributed by atoms with Gasteiger partial charge >= 0.3 is 0 Å². The van der Waals surface area contributed by atoms with Crippen LogP contribution in [0.3, 0.4) is 0 Å². The van der Waals surface area contributed by atoms with E-state index < -0.39 is 10.0 Å². The summed E-state index contributed by atoms with van der Waals surface area (Å²) in [5.74, 6) is 0.975. The number of sulfonamides is 1. The van der Waals surface area contributed by atoms with Crippen LogP contribution < -0.4 is 5.32 Å². The molecule has 9 heteroatoms. The van der Waals surface area contributed by atoms with Gasteiger partial charge < -0.3 is 9.88 Å². The Morgan fingerprint density at radius 2 is 2.08 bits per heavy atom. The number of hydrogen-bond acceptors (Lipinski definition) is 6. The highest BCUT2D eigenvalue weighted by molar-refractivity contribution is 7.89. The zero-order valence-electron chi connectivity index (χ0n) is 13.9. The lowest BCUT2D eigenvalue weighted by atomic mass is 9.94. The van der Waals surface area contributed by atoms with Gasteiger partial charge in [-0.3, -0.25) is 4.98 Å². The summed E-state index contributed by atoms with van der Waals surface area (Å²) in [6.45, 7) is 1.02. The lowest BCUT2D eigenvalue weighted by Crippen LogP contribution is -2.40. The molecule has 0 aromatic carbocycles. The van der Waals surface area contributed by atoms with E-state index in [4.69, 9.17) is 0 Å². The predicted octanol–water partition coefficient (Wildman–Crippen LogP) is 0.895. The van der Waals surface area contributed by atoms with Crippen molar-refractivity contribution in [1.29, 1.82) is 0 Å². The average molecular weight is 350 g/mol. The van der Waals surface area contributed by atoms with Gasteiger partial charge in [0.1, 0.15) is 5.82 Å². The van der Waals surface area contributed by atoms with E-state index >= 15 is 0 Å². The molecule has 0 amide bonds. The summed E-state index contributed by atoms with van der Waals surface area (Å²) in [5.41, 5.74) is 0.877. The lowest BCUT2D eigenvalue weighted by Gasteiger charge is -2.31. The van der Waals surface area contributed by atoms with Crippen molar-refractivity contribution in [3.8, 4) is 0 Å². The largest absolute Gasteiger partial charge is 0.372 e. The first kappa shape index (κ1) is 16.8. The van der Waals surface area contributed by atoms with E-state index in [1.807, 2.05) is 7.05 Å². The van der Waals surface area contributed by atoms with E-state index in [0.29, 0.717) is 19.5 Å². The smallest absolute Gasteiger partial charge is 0.262 e. The van der Waals surface area contributed by atoms with Crippen molar-refractivity contribution in [2.24, 2.45) is 13.0 Å². The van der Waals surface area contributed by atoms with Crippen molar-refractivity contribution >= 4 is 15.8 Å². The van der Waals surface area contributed by atoms with E-state index in [1.165, 1.54) is 6.33 Å². The summed E-state index contributed by atoms with van der Waals surface area (Å²) < 4.78 is 28.6. The summed E-state index contributed by atoms with van der Waals surface area (Å²) in [6.07, 6.45) is 8.89. The number of nitrogens with one attached hydrogen (secondary N) is 1. The molecule has 0 unspecified atom stereocenters. The summed E-state index contributed by atoms with van der Waals surface area (Å²) in [5, 5.41) is 3.15. The van der Waals surface area contributed by atoms with Gasteiger partial charge in [-0.25, -0.2) is 18.4 Å². The quantitative estimate of drug-likeness (QED) is 0.861. The Morgan fingerprint density at radius 1 is 1.29 bits per heavy atom. The van der Waals surface area contributed by atoms with Crippen LogP contribution in [0.25, 0.3) is 0 Å². The van der Waals surface area contributed by atoms with Crippen molar-refractivity contribution in [1.82, 2.24) is 23.8 Å². The fraction of sp³-hybridized carbons (Fsp3) is 0.533. The van der Waals surface area contributed by atoms with Gasteiger partial charge in [-0.1, -0.05) is 0 Å². The fourth-order valence-electron chi connectivity index (χ4n) is 3.06. The standard InChI is InChI=1S/C15H22N6O2S/c1-16-15-13(17-5-6-18-15)8-12-4-3-7-21(9-12)24(22,23)14-10-20(2)11-19-14/h5-6,10-12H,3-4,7-9H2,1-2H3,(H,16,18)/t12-/m1/s1. The molecule has 1 atom stereocenters. The minimum Gasteiger partial charge on any atom is -0.372 e. The molecule has 0 radical (unpaired) electrons. The zero-order chi connectivity index (χ0) is 17.2. The van der Waals surface area contributed by atoms with Gasteiger partial charge in [0.15, 0.2) is 5.03 Å². The Hall–Kier alpha value is -2.00. The molecule has 2 aromatic rings. The van der Waals surface area contributed by atoms with Crippen LogP contribution in [-0.4, -0.2) is 52.4 Å².